The number of hydrogen-bond acceptors (Lipinski definition) is 7. The molecule has 2 aromatic rings. The molecule has 4 heterocycles. The number of pyridine rings is 1. The number of nitrogens with one attached hydrogen (secondary N) is 1. The van der Waals surface area contributed by atoms with Gasteiger partial charge in [-0.15, -0.1) is 0 Å². The van der Waals surface area contributed by atoms with Gasteiger partial charge in [0.1, 0.15) is 17.1 Å². The van der Waals surface area contributed by atoms with Gasteiger partial charge in [-0.1, -0.05) is 0 Å². The summed E-state index contributed by atoms with van der Waals surface area (Å²) in [6.45, 7) is 1.58. The Labute approximate surface area is 181 Å². The summed E-state index contributed by atoms with van der Waals surface area (Å²) in [5.74, 6) is 2.32. The monoisotopic (exact) mass is 421 g/mol. The SMILES string of the molecule is Cn1nc(Nc2cc(N3CC[C@@](C#N)(C4CC4)C3=O)ccn2)cc1N1CCC[C@@H]1CO. The molecule has 3 aliphatic rings. The Bertz CT molecular complexity index is 1040. The summed E-state index contributed by atoms with van der Waals surface area (Å²) < 4.78 is 1.81. The summed E-state index contributed by atoms with van der Waals surface area (Å²) in [6, 6.07) is 8.05. The molecule has 1 aliphatic carbocycles. The number of aromatic nitrogens is 3. The largest absolute Gasteiger partial charge is 0.394 e. The highest BCUT2D eigenvalue weighted by atomic mass is 16.3. The molecule has 5 rings (SSSR count). The summed E-state index contributed by atoms with van der Waals surface area (Å²) in [4.78, 5) is 21.4. The number of aliphatic hydroxyl groups excluding tert-OH is 1. The molecular weight excluding hydrogens is 394 g/mol. The number of rotatable bonds is 6. The average Bonchev–Trinajstić information content (AvgIpc) is 3.27. The van der Waals surface area contributed by atoms with E-state index in [0.29, 0.717) is 24.6 Å². The number of aryl methyl sites for hydroxylation is 1. The Morgan fingerprint density at radius 1 is 1.29 bits per heavy atom. The van der Waals surface area contributed by atoms with Crippen molar-refractivity contribution in [1.82, 2.24) is 14.8 Å². The van der Waals surface area contributed by atoms with Crippen LogP contribution in [0.4, 0.5) is 23.1 Å². The molecule has 2 aliphatic heterocycles. The lowest BCUT2D eigenvalue weighted by Gasteiger charge is -2.24. The van der Waals surface area contributed by atoms with Gasteiger partial charge in [0.2, 0.25) is 5.91 Å². The van der Waals surface area contributed by atoms with Crippen LogP contribution in [0.3, 0.4) is 0 Å². The zero-order valence-corrected chi connectivity index (χ0v) is 17.7. The Kier molecular flexibility index (Phi) is 4.82. The van der Waals surface area contributed by atoms with Crippen molar-refractivity contribution in [1.29, 1.82) is 5.26 Å². The molecule has 1 amide bonds. The molecule has 31 heavy (non-hydrogen) atoms. The van der Waals surface area contributed by atoms with E-state index >= 15 is 0 Å². The lowest BCUT2D eigenvalue weighted by atomic mass is 9.83. The first kappa shape index (κ1) is 19.8. The first-order chi connectivity index (χ1) is 15.1. The van der Waals surface area contributed by atoms with Crippen LogP contribution in [0.25, 0.3) is 0 Å². The van der Waals surface area contributed by atoms with Crippen LogP contribution in [-0.4, -0.2) is 51.5 Å². The number of carbonyl (C=O) groups is 1. The van der Waals surface area contributed by atoms with Gasteiger partial charge in [-0.3, -0.25) is 9.48 Å². The minimum Gasteiger partial charge on any atom is -0.394 e. The molecule has 0 aromatic carbocycles. The minimum atomic E-state index is -0.855. The Morgan fingerprint density at radius 3 is 2.87 bits per heavy atom. The topological polar surface area (TPSA) is 110 Å². The van der Waals surface area contributed by atoms with E-state index in [1.54, 1.807) is 15.8 Å². The smallest absolute Gasteiger partial charge is 0.247 e. The molecule has 2 N–H and O–H groups in total. The molecule has 2 aromatic heterocycles. The fourth-order valence-electron chi connectivity index (χ4n) is 5.03. The van der Waals surface area contributed by atoms with Gasteiger partial charge in [0, 0.05) is 44.2 Å². The first-order valence-corrected chi connectivity index (χ1v) is 10.9. The number of anilines is 4. The van der Waals surface area contributed by atoms with Crippen molar-refractivity contribution in [3.8, 4) is 6.07 Å². The number of carbonyl (C=O) groups excluding carboxylic acids is 1. The van der Waals surface area contributed by atoms with Crippen LogP contribution in [0.5, 0.6) is 0 Å². The van der Waals surface area contributed by atoms with E-state index in [1.807, 2.05) is 25.2 Å². The number of nitrogens with zero attached hydrogens (tertiary/aromatic N) is 6. The van der Waals surface area contributed by atoms with Gasteiger partial charge >= 0.3 is 0 Å². The van der Waals surface area contributed by atoms with Crippen LogP contribution in [0.15, 0.2) is 24.4 Å². The summed E-state index contributed by atoms with van der Waals surface area (Å²) >= 11 is 0. The number of hydrogen-bond donors (Lipinski definition) is 2. The van der Waals surface area contributed by atoms with Gasteiger partial charge in [-0.2, -0.15) is 10.4 Å². The molecule has 0 bridgehead atoms. The van der Waals surface area contributed by atoms with E-state index < -0.39 is 5.41 Å². The van der Waals surface area contributed by atoms with E-state index in [-0.39, 0.29) is 24.5 Å². The van der Waals surface area contributed by atoms with Gasteiger partial charge in [0.05, 0.1) is 18.7 Å². The molecule has 9 nitrogen and oxygen atoms in total. The zero-order chi connectivity index (χ0) is 21.6. The van der Waals surface area contributed by atoms with Crippen LogP contribution in [0, 0.1) is 22.7 Å². The number of amides is 1. The van der Waals surface area contributed by atoms with Gasteiger partial charge in [-0.05, 0) is 44.1 Å². The highest BCUT2D eigenvalue weighted by molar-refractivity contribution is 6.02. The third-order valence-corrected chi connectivity index (χ3v) is 6.88. The quantitative estimate of drug-likeness (QED) is 0.735. The lowest BCUT2D eigenvalue weighted by Crippen LogP contribution is -2.35. The van der Waals surface area contributed by atoms with Crippen molar-refractivity contribution in [3.63, 3.8) is 0 Å². The van der Waals surface area contributed by atoms with E-state index in [1.165, 1.54) is 0 Å². The first-order valence-electron chi connectivity index (χ1n) is 10.9. The van der Waals surface area contributed by atoms with Crippen molar-refractivity contribution in [2.45, 2.75) is 38.1 Å². The van der Waals surface area contributed by atoms with Crippen molar-refractivity contribution in [2.75, 3.05) is 34.8 Å². The van der Waals surface area contributed by atoms with E-state index in [0.717, 1.165) is 43.7 Å². The molecule has 3 fully saturated rings. The van der Waals surface area contributed by atoms with Crippen LogP contribution in [0.2, 0.25) is 0 Å². The second-order valence-electron chi connectivity index (χ2n) is 8.77. The summed E-state index contributed by atoms with van der Waals surface area (Å²) in [7, 11) is 1.89. The van der Waals surface area contributed by atoms with Crippen LogP contribution < -0.4 is 15.1 Å². The number of aliphatic hydroxyl groups is 1. The predicted octanol–water partition coefficient (Wildman–Crippen LogP) is 2.18. The fourth-order valence-corrected chi connectivity index (χ4v) is 5.03. The molecule has 2 atom stereocenters. The summed E-state index contributed by atoms with van der Waals surface area (Å²) in [6.07, 6.45) is 6.21. The Balaban J connectivity index is 1.34. The Hall–Kier alpha value is -3.12. The normalized spacial score (nSPS) is 25.8. The van der Waals surface area contributed by atoms with E-state index in [9.17, 15) is 15.2 Å². The maximum Gasteiger partial charge on any atom is 0.247 e. The Morgan fingerprint density at radius 2 is 2.13 bits per heavy atom. The molecular formula is C22H27N7O2. The average molecular weight is 422 g/mol. The summed E-state index contributed by atoms with van der Waals surface area (Å²) in [5, 5.41) is 27.1. The molecule has 0 radical (unpaired) electrons. The van der Waals surface area contributed by atoms with Crippen molar-refractivity contribution >= 4 is 29.0 Å². The van der Waals surface area contributed by atoms with Crippen molar-refractivity contribution < 1.29 is 9.90 Å². The van der Waals surface area contributed by atoms with Gasteiger partial charge < -0.3 is 20.2 Å². The molecule has 0 unspecified atom stereocenters. The number of nitriles is 1. The second-order valence-corrected chi connectivity index (χ2v) is 8.77. The van der Waals surface area contributed by atoms with Crippen LogP contribution in [-0.2, 0) is 11.8 Å². The highest BCUT2D eigenvalue weighted by Crippen LogP contribution is 2.51. The third kappa shape index (κ3) is 3.31. The van der Waals surface area contributed by atoms with Crippen LogP contribution >= 0.6 is 0 Å². The fraction of sp³-hybridized carbons (Fsp3) is 0.545. The predicted molar refractivity (Wildman–Crippen MR) is 116 cm³/mol. The molecule has 0 spiro atoms. The van der Waals surface area contributed by atoms with E-state index in [2.05, 4.69) is 26.4 Å². The molecule has 2 saturated heterocycles. The second kappa shape index (κ2) is 7.54. The van der Waals surface area contributed by atoms with Gasteiger partial charge in [0.15, 0.2) is 5.82 Å². The maximum atomic E-state index is 13.1. The minimum absolute atomic E-state index is 0.0844. The third-order valence-electron chi connectivity index (χ3n) is 6.88. The standard InChI is InChI=1S/C22H27N7O2/c1-27-20(28-9-2-3-17(28)13-30)12-19(26-27)25-18-11-16(6-8-24-18)29-10-7-22(14-23,21(29)31)15-4-5-15/h6,8,11-12,15,17,30H,2-5,7,9-10,13H2,1H3,(H,24,25,26)/t17-,22-/m1/s1. The lowest BCUT2D eigenvalue weighted by molar-refractivity contribution is -0.123. The van der Waals surface area contributed by atoms with Crippen molar-refractivity contribution in [3.05, 3.63) is 24.4 Å². The van der Waals surface area contributed by atoms with Gasteiger partial charge in [-0.25, -0.2) is 4.98 Å². The van der Waals surface area contributed by atoms with Gasteiger partial charge in [0.25, 0.3) is 0 Å². The summed E-state index contributed by atoms with van der Waals surface area (Å²) in [5.41, 5.74) is -0.109. The molecule has 162 valence electrons. The van der Waals surface area contributed by atoms with Crippen LogP contribution in [0.1, 0.15) is 32.1 Å². The molecule has 9 heteroatoms. The van der Waals surface area contributed by atoms with E-state index in [4.69, 9.17) is 0 Å². The molecule has 1 saturated carbocycles. The highest BCUT2D eigenvalue weighted by Gasteiger charge is 2.56. The van der Waals surface area contributed by atoms with Crippen molar-refractivity contribution in [2.24, 2.45) is 18.4 Å². The maximum absolute atomic E-state index is 13.1. The zero-order valence-electron chi connectivity index (χ0n) is 17.7.